The van der Waals surface area contributed by atoms with E-state index < -0.39 is 12.0 Å². The molecule has 0 radical (unpaired) electrons. The van der Waals surface area contributed by atoms with Gasteiger partial charge in [-0.1, -0.05) is 6.07 Å². The molecule has 1 fully saturated rings. The largest absolute Gasteiger partial charge is 0.463 e. The molecule has 1 aliphatic heterocycles. The molecule has 1 N–H and O–H groups in total. The SMILES string of the molecule is Cc1cc(-c2nc3cc(CC[C@@H](C(=O)OC(C)C)[C@@H](C)O)ccc3n2CC2CCOCC2)cn(C)c1=O. The number of hydrogen-bond acceptors (Lipinski definition) is 6. The molecule has 1 saturated heterocycles. The Morgan fingerprint density at radius 1 is 1.22 bits per heavy atom. The van der Waals surface area contributed by atoms with Gasteiger partial charge in [-0.3, -0.25) is 9.59 Å². The van der Waals surface area contributed by atoms with Gasteiger partial charge in [-0.15, -0.1) is 0 Å². The smallest absolute Gasteiger partial charge is 0.311 e. The molecular formula is C29H39N3O5. The Kier molecular flexibility index (Phi) is 8.49. The number of benzene rings is 1. The number of carbonyl (C=O) groups excluding carboxylic acids is 1. The van der Waals surface area contributed by atoms with Crippen LogP contribution in [0.5, 0.6) is 0 Å². The van der Waals surface area contributed by atoms with Crippen LogP contribution in [-0.2, 0) is 34.3 Å². The zero-order chi connectivity index (χ0) is 26.7. The van der Waals surface area contributed by atoms with Gasteiger partial charge in [0.05, 0.1) is 29.2 Å². The fourth-order valence-corrected chi connectivity index (χ4v) is 5.12. The van der Waals surface area contributed by atoms with Crippen LogP contribution in [0.25, 0.3) is 22.4 Å². The topological polar surface area (TPSA) is 95.6 Å². The van der Waals surface area contributed by atoms with Crippen LogP contribution >= 0.6 is 0 Å². The maximum absolute atomic E-state index is 12.5. The molecule has 200 valence electrons. The van der Waals surface area contributed by atoms with Crippen LogP contribution in [0.15, 0.2) is 35.3 Å². The predicted octanol–water partition coefficient (Wildman–Crippen LogP) is 4.02. The van der Waals surface area contributed by atoms with Gasteiger partial charge in [0, 0.05) is 44.1 Å². The highest BCUT2D eigenvalue weighted by atomic mass is 16.5. The molecule has 37 heavy (non-hydrogen) atoms. The van der Waals surface area contributed by atoms with Crippen LogP contribution in [0.1, 0.15) is 51.2 Å². The van der Waals surface area contributed by atoms with Crippen LogP contribution in [0.2, 0.25) is 0 Å². The minimum absolute atomic E-state index is 0.0122. The quantitative estimate of drug-likeness (QED) is 0.438. The third kappa shape index (κ3) is 6.30. The van der Waals surface area contributed by atoms with E-state index >= 15 is 0 Å². The molecule has 8 nitrogen and oxygen atoms in total. The average molecular weight is 510 g/mol. The van der Waals surface area contributed by atoms with E-state index in [2.05, 4.69) is 22.8 Å². The molecule has 0 saturated carbocycles. The molecule has 2 atom stereocenters. The zero-order valence-corrected chi connectivity index (χ0v) is 22.6. The first kappa shape index (κ1) is 27.1. The van der Waals surface area contributed by atoms with Gasteiger partial charge in [-0.2, -0.15) is 0 Å². The molecular weight excluding hydrogens is 470 g/mol. The molecule has 3 aromatic rings. The van der Waals surface area contributed by atoms with E-state index in [0.29, 0.717) is 24.3 Å². The Morgan fingerprint density at radius 3 is 2.59 bits per heavy atom. The van der Waals surface area contributed by atoms with E-state index in [-0.39, 0.29) is 17.6 Å². The van der Waals surface area contributed by atoms with Crippen molar-refractivity contribution in [2.24, 2.45) is 18.9 Å². The summed E-state index contributed by atoms with van der Waals surface area (Å²) in [4.78, 5) is 29.8. The lowest BCUT2D eigenvalue weighted by Gasteiger charge is -2.23. The van der Waals surface area contributed by atoms with Gasteiger partial charge in [-0.05, 0) is 83.1 Å². The summed E-state index contributed by atoms with van der Waals surface area (Å²) in [6, 6.07) is 8.16. The summed E-state index contributed by atoms with van der Waals surface area (Å²) in [6.07, 6.45) is 3.99. The van der Waals surface area contributed by atoms with Gasteiger partial charge in [-0.25, -0.2) is 4.98 Å². The van der Waals surface area contributed by atoms with Crippen LogP contribution in [-0.4, -0.2) is 50.6 Å². The van der Waals surface area contributed by atoms with E-state index in [1.807, 2.05) is 33.0 Å². The molecule has 1 aromatic carbocycles. The van der Waals surface area contributed by atoms with E-state index in [1.165, 1.54) is 0 Å². The number of carbonyl (C=O) groups is 1. The Bertz CT molecular complexity index is 1270. The number of pyridine rings is 1. The van der Waals surface area contributed by atoms with E-state index in [1.54, 1.807) is 18.5 Å². The highest BCUT2D eigenvalue weighted by Gasteiger charge is 2.26. The Hall–Kier alpha value is -2.97. The van der Waals surface area contributed by atoms with E-state index in [9.17, 15) is 14.7 Å². The van der Waals surface area contributed by atoms with Crippen LogP contribution in [0, 0.1) is 18.8 Å². The number of hydrogen-bond donors (Lipinski definition) is 1. The monoisotopic (exact) mass is 509 g/mol. The second-order valence-electron chi connectivity index (χ2n) is 10.6. The Balaban J connectivity index is 1.67. The molecule has 0 bridgehead atoms. The van der Waals surface area contributed by atoms with Crippen LogP contribution in [0.3, 0.4) is 0 Å². The summed E-state index contributed by atoms with van der Waals surface area (Å²) in [5.41, 5.74) is 4.56. The fourth-order valence-electron chi connectivity index (χ4n) is 5.12. The molecule has 3 heterocycles. The van der Waals surface area contributed by atoms with Gasteiger partial charge in [0.25, 0.3) is 5.56 Å². The summed E-state index contributed by atoms with van der Waals surface area (Å²) in [5, 5.41) is 10.2. The normalized spacial score (nSPS) is 16.3. The first-order chi connectivity index (χ1) is 17.6. The van der Waals surface area contributed by atoms with Crippen LogP contribution < -0.4 is 5.56 Å². The second kappa shape index (κ2) is 11.6. The summed E-state index contributed by atoms with van der Waals surface area (Å²) >= 11 is 0. The number of aliphatic hydroxyl groups is 1. The number of fused-ring (bicyclic) bond motifs is 1. The summed E-state index contributed by atoms with van der Waals surface area (Å²) in [7, 11) is 1.77. The zero-order valence-electron chi connectivity index (χ0n) is 22.6. The lowest BCUT2D eigenvalue weighted by molar-refractivity contribution is -0.156. The average Bonchev–Trinajstić information content (AvgIpc) is 3.19. The van der Waals surface area contributed by atoms with Crippen molar-refractivity contribution in [3.05, 3.63) is 51.9 Å². The summed E-state index contributed by atoms with van der Waals surface area (Å²) in [5.74, 6) is 0.407. The number of aromatic nitrogens is 3. The van der Waals surface area contributed by atoms with Crippen molar-refractivity contribution < 1.29 is 19.4 Å². The van der Waals surface area contributed by atoms with Crippen molar-refractivity contribution in [1.29, 1.82) is 0 Å². The Labute approximate surface area is 218 Å². The summed E-state index contributed by atoms with van der Waals surface area (Å²) in [6.45, 7) is 9.48. The van der Waals surface area contributed by atoms with Gasteiger partial charge in [0.1, 0.15) is 5.82 Å². The lowest BCUT2D eigenvalue weighted by atomic mass is 9.95. The number of aryl methyl sites for hydroxylation is 3. The van der Waals surface area contributed by atoms with Gasteiger partial charge in [0.2, 0.25) is 0 Å². The lowest BCUT2D eigenvalue weighted by Crippen LogP contribution is -2.30. The molecule has 2 aromatic heterocycles. The molecule has 0 spiro atoms. The Morgan fingerprint density at radius 2 is 1.95 bits per heavy atom. The maximum Gasteiger partial charge on any atom is 0.311 e. The standard InChI is InChI=1S/C29H39N3O5/c1-18(2)37-29(35)24(20(4)33)8-6-21-7-9-26-25(15-21)30-27(23-14-19(3)28(34)31(5)17-23)32(26)16-22-10-12-36-13-11-22/h7,9,14-15,17-18,20,22,24,33H,6,8,10-13,16H2,1-5H3/t20-,24-/m1/s1. The third-order valence-corrected chi connectivity index (χ3v) is 7.20. The maximum atomic E-state index is 12.5. The molecule has 8 heteroatoms. The van der Waals surface area contributed by atoms with Crippen molar-refractivity contribution >= 4 is 17.0 Å². The predicted molar refractivity (Wildman–Crippen MR) is 143 cm³/mol. The first-order valence-corrected chi connectivity index (χ1v) is 13.3. The highest BCUT2D eigenvalue weighted by molar-refractivity contribution is 5.81. The van der Waals surface area contributed by atoms with Crippen molar-refractivity contribution in [1.82, 2.24) is 14.1 Å². The first-order valence-electron chi connectivity index (χ1n) is 13.3. The fraction of sp³-hybridized carbons (Fsp3) is 0.552. The van der Waals surface area contributed by atoms with Crippen LogP contribution in [0.4, 0.5) is 0 Å². The van der Waals surface area contributed by atoms with Gasteiger partial charge in [0.15, 0.2) is 0 Å². The number of nitrogens with zero attached hydrogens (tertiary/aromatic N) is 3. The number of esters is 1. The van der Waals surface area contributed by atoms with E-state index in [0.717, 1.165) is 60.6 Å². The molecule has 4 rings (SSSR count). The van der Waals surface area contributed by atoms with Gasteiger partial charge < -0.3 is 23.7 Å². The van der Waals surface area contributed by atoms with Gasteiger partial charge >= 0.3 is 5.97 Å². The molecule has 1 aliphatic rings. The number of ether oxygens (including phenoxy) is 2. The third-order valence-electron chi connectivity index (χ3n) is 7.20. The minimum Gasteiger partial charge on any atom is -0.463 e. The molecule has 0 unspecified atom stereocenters. The second-order valence-corrected chi connectivity index (χ2v) is 10.6. The summed E-state index contributed by atoms with van der Waals surface area (Å²) < 4.78 is 14.8. The number of rotatable bonds is 9. The molecule has 0 aliphatic carbocycles. The number of aliphatic hydroxyl groups excluding tert-OH is 1. The van der Waals surface area contributed by atoms with Crippen molar-refractivity contribution in [2.45, 2.75) is 72.1 Å². The van der Waals surface area contributed by atoms with Crippen molar-refractivity contribution in [2.75, 3.05) is 13.2 Å². The highest BCUT2D eigenvalue weighted by Crippen LogP contribution is 2.29. The number of imidazole rings is 1. The van der Waals surface area contributed by atoms with Crippen molar-refractivity contribution in [3.8, 4) is 11.4 Å². The minimum atomic E-state index is -0.784. The van der Waals surface area contributed by atoms with Crippen molar-refractivity contribution in [3.63, 3.8) is 0 Å². The molecule has 0 amide bonds. The van der Waals surface area contributed by atoms with E-state index in [4.69, 9.17) is 14.5 Å².